The predicted molar refractivity (Wildman–Crippen MR) is 304 cm³/mol. The van der Waals surface area contributed by atoms with Crippen LogP contribution in [0.5, 0.6) is 0 Å². The van der Waals surface area contributed by atoms with Gasteiger partial charge in [-0.3, -0.25) is 0 Å². The van der Waals surface area contributed by atoms with E-state index in [2.05, 4.69) is 83.8 Å². The highest BCUT2D eigenvalue weighted by Gasteiger charge is 2.66. The van der Waals surface area contributed by atoms with Crippen molar-refractivity contribution in [2.24, 2.45) is 10.8 Å². The second kappa shape index (κ2) is 19.8. The molecule has 2 aliphatic carbocycles. The van der Waals surface area contributed by atoms with Gasteiger partial charge in [0.1, 0.15) is 63.0 Å². The van der Waals surface area contributed by atoms with Crippen LogP contribution in [0.1, 0.15) is 103 Å². The summed E-state index contributed by atoms with van der Waals surface area (Å²) in [5.74, 6) is -0.385. The number of amides is 1. The number of nitrogens with zero attached hydrogens (tertiary/aromatic N) is 9. The number of nitrogens with two attached hydrogens (primary N) is 1. The van der Waals surface area contributed by atoms with Gasteiger partial charge < -0.3 is 49.5 Å². The smallest absolute Gasteiger partial charge is 0.410 e. The molecule has 6 aromatic heterocycles. The van der Waals surface area contributed by atoms with E-state index in [4.69, 9.17) is 54.7 Å². The Hall–Kier alpha value is -4.80. The predicted octanol–water partition coefficient (Wildman–Crippen LogP) is 11.9. The molecule has 3 aliphatic heterocycles. The van der Waals surface area contributed by atoms with Gasteiger partial charge in [-0.05, 0) is 140 Å². The van der Waals surface area contributed by atoms with E-state index in [9.17, 15) is 15.0 Å². The van der Waals surface area contributed by atoms with Crippen molar-refractivity contribution in [3.63, 3.8) is 0 Å². The van der Waals surface area contributed by atoms with E-state index in [1.54, 1.807) is 0 Å². The largest absolute Gasteiger partial charge is 0.444 e. The summed E-state index contributed by atoms with van der Waals surface area (Å²) < 4.78 is 24.8. The lowest BCUT2D eigenvalue weighted by Crippen LogP contribution is -2.41. The zero-order chi connectivity index (χ0) is 53.4. The van der Waals surface area contributed by atoms with Gasteiger partial charge in [0.25, 0.3) is 0 Å². The van der Waals surface area contributed by atoms with E-state index in [1.165, 1.54) is 12.7 Å². The standard InChI is InChI=1S/C31H32BrCl2N5O4.C23H22BrClN6O2.CH4/c1-29(2,3)43-28(40)39-14-31(12-21(39)17-7-6-16-10-19(32)26(34)37-20(16)11-17)13-22(23-24(31)42-30(4,5)41-23)38-9-8-18-25(33)35-15-36-27(18)38;24-14-5-11-1-2-12(6-15(11)30-20(14)25)16-7-23(9-27-16)8-17(18(32)19(23)33)31-4-3-13-21(26)28-10-29-22(13)31;/h6-11,15,21-24H,12-14H2,1-5H3;1-6,10,16-19,27,32-33H,7-9H2,(H2,26,28,29);1H4/t21?,22-,23+,24+,31+;16?,17-,18+,19+,23+;/m11./s1. The maximum atomic E-state index is 13.8. The third-order valence-corrected chi connectivity index (χ3v) is 18.6. The quantitative estimate of drug-likeness (QED) is 0.0953. The molecule has 17 nitrogen and oxygen atoms in total. The van der Waals surface area contributed by atoms with E-state index in [1.807, 2.05) is 105 Å². The summed E-state index contributed by atoms with van der Waals surface area (Å²) in [5, 5.41) is 30.5. The molecule has 2 unspecified atom stereocenters. The Kier molecular flexibility index (Phi) is 13.9. The Balaban J connectivity index is 0.000000167. The van der Waals surface area contributed by atoms with Crippen LogP contribution in [0.15, 0.2) is 94.7 Å². The molecule has 8 aromatic rings. The number of likely N-dealkylation sites (tertiary alicyclic amines) is 1. The molecule has 2 aromatic carbocycles. The van der Waals surface area contributed by atoms with Gasteiger partial charge in [-0.2, -0.15) is 0 Å². The number of carbonyl (C=O) groups is 1. The van der Waals surface area contributed by atoms with E-state index in [-0.39, 0.29) is 49.9 Å². The molecule has 404 valence electrons. The van der Waals surface area contributed by atoms with Crippen molar-refractivity contribution in [3.05, 3.63) is 121 Å². The molecule has 10 atom stereocenters. The number of aliphatic hydroxyl groups is 2. The molecule has 5 aliphatic rings. The molecule has 0 bridgehead atoms. The van der Waals surface area contributed by atoms with Gasteiger partial charge in [-0.25, -0.2) is 34.7 Å². The average molecular weight is 1240 g/mol. The Bertz CT molecular complexity index is 3640. The fourth-order valence-electron chi connectivity index (χ4n) is 12.8. The number of anilines is 1. The molecule has 2 saturated carbocycles. The number of halogens is 5. The monoisotopic (exact) mass is 1230 g/mol. The lowest BCUT2D eigenvalue weighted by atomic mass is 9.80. The van der Waals surface area contributed by atoms with Crippen molar-refractivity contribution in [1.82, 2.24) is 49.3 Å². The number of carbonyl (C=O) groups excluding carboxylic acids is 1. The highest BCUT2D eigenvalue weighted by Crippen LogP contribution is 2.61. The number of rotatable bonds is 4. The molecule has 13 rings (SSSR count). The Morgan fingerprint density at radius 2 is 1.36 bits per heavy atom. The van der Waals surface area contributed by atoms with Crippen LogP contribution in [0.25, 0.3) is 43.9 Å². The number of nitrogen functional groups attached to an aromatic ring is 1. The minimum absolute atomic E-state index is 0. The number of hydrogen-bond acceptors (Lipinski definition) is 14. The summed E-state index contributed by atoms with van der Waals surface area (Å²) in [6.45, 7) is 10.6. The molecule has 77 heavy (non-hydrogen) atoms. The number of aromatic nitrogens is 8. The van der Waals surface area contributed by atoms with Crippen LogP contribution >= 0.6 is 66.7 Å². The zero-order valence-electron chi connectivity index (χ0n) is 42.0. The summed E-state index contributed by atoms with van der Waals surface area (Å²) in [7, 11) is 0. The van der Waals surface area contributed by atoms with Gasteiger partial charge in [0, 0.05) is 53.1 Å². The molecular formula is C55H58Br2Cl3N11O6. The van der Waals surface area contributed by atoms with Gasteiger partial charge >= 0.3 is 6.09 Å². The van der Waals surface area contributed by atoms with Crippen LogP contribution in [-0.2, 0) is 14.2 Å². The third kappa shape index (κ3) is 9.52. The van der Waals surface area contributed by atoms with Crippen LogP contribution < -0.4 is 11.1 Å². The molecule has 22 heteroatoms. The maximum absolute atomic E-state index is 13.8. The fourth-order valence-corrected chi connectivity index (χ4v) is 13.9. The van der Waals surface area contributed by atoms with Crippen molar-refractivity contribution in [3.8, 4) is 0 Å². The highest BCUT2D eigenvalue weighted by atomic mass is 79.9. The molecule has 2 spiro atoms. The van der Waals surface area contributed by atoms with Gasteiger partial charge in [0.05, 0.1) is 61.1 Å². The first kappa shape index (κ1) is 54.2. The molecule has 5 fully saturated rings. The molecule has 5 N–H and O–H groups in total. The number of aliphatic hydroxyl groups excluding tert-OH is 2. The summed E-state index contributed by atoms with van der Waals surface area (Å²) in [6.07, 6.45) is 6.81. The summed E-state index contributed by atoms with van der Waals surface area (Å²) in [6, 6.07) is 19.3. The number of fused-ring (bicyclic) bond motifs is 6. The minimum atomic E-state index is -0.910. The Labute approximate surface area is 476 Å². The van der Waals surface area contributed by atoms with Gasteiger partial charge in [0.2, 0.25) is 0 Å². The highest BCUT2D eigenvalue weighted by molar-refractivity contribution is 9.10. The van der Waals surface area contributed by atoms with E-state index < -0.39 is 34.4 Å². The molecular weight excluding hydrogens is 1180 g/mol. The van der Waals surface area contributed by atoms with Crippen molar-refractivity contribution >= 4 is 122 Å². The molecule has 3 saturated heterocycles. The summed E-state index contributed by atoms with van der Waals surface area (Å²) >= 11 is 25.9. The molecule has 0 radical (unpaired) electrons. The van der Waals surface area contributed by atoms with E-state index >= 15 is 0 Å². The average Bonchev–Trinajstić information content (AvgIpc) is 4.37. The first-order chi connectivity index (χ1) is 36.1. The van der Waals surface area contributed by atoms with Crippen molar-refractivity contribution < 1.29 is 29.2 Å². The van der Waals surface area contributed by atoms with Crippen LogP contribution in [0.4, 0.5) is 10.6 Å². The van der Waals surface area contributed by atoms with Crippen molar-refractivity contribution in [2.45, 2.75) is 128 Å². The molecule has 9 heterocycles. The summed E-state index contributed by atoms with van der Waals surface area (Å²) in [4.78, 5) is 41.9. The second-order valence-corrected chi connectivity index (χ2v) is 25.2. The van der Waals surface area contributed by atoms with Crippen LogP contribution in [0.3, 0.4) is 0 Å². The van der Waals surface area contributed by atoms with Crippen LogP contribution in [0, 0.1) is 10.8 Å². The summed E-state index contributed by atoms with van der Waals surface area (Å²) in [5.41, 5.74) is 9.50. The number of ether oxygens (including phenoxy) is 3. The molecule has 1 amide bonds. The fraction of sp³-hybridized carbons (Fsp3) is 0.436. The Morgan fingerprint density at radius 3 is 2.04 bits per heavy atom. The first-order valence-corrected chi connectivity index (χ1v) is 27.8. The lowest BCUT2D eigenvalue weighted by Gasteiger charge is -2.32. The normalized spacial score (nSPS) is 28.5. The number of nitrogens with one attached hydrogen (secondary N) is 1. The topological polar surface area (TPSA) is 214 Å². The van der Waals surface area contributed by atoms with Gasteiger partial charge in [0.15, 0.2) is 5.79 Å². The maximum Gasteiger partial charge on any atom is 0.410 e. The number of pyridine rings is 2. The van der Waals surface area contributed by atoms with E-state index in [0.717, 1.165) is 58.3 Å². The van der Waals surface area contributed by atoms with Crippen molar-refractivity contribution in [1.29, 1.82) is 0 Å². The first-order valence-electron chi connectivity index (χ1n) is 25.1. The van der Waals surface area contributed by atoms with Crippen LogP contribution in [0.2, 0.25) is 15.5 Å². The van der Waals surface area contributed by atoms with Crippen LogP contribution in [-0.4, -0.2) is 109 Å². The van der Waals surface area contributed by atoms with Gasteiger partial charge in [-0.1, -0.05) is 66.5 Å². The van der Waals surface area contributed by atoms with Gasteiger partial charge in [-0.15, -0.1) is 0 Å². The number of hydrogen-bond donors (Lipinski definition) is 4. The van der Waals surface area contributed by atoms with Crippen molar-refractivity contribution in [2.75, 3.05) is 18.8 Å². The Morgan fingerprint density at radius 1 is 0.766 bits per heavy atom. The second-order valence-electron chi connectivity index (χ2n) is 22.5. The lowest BCUT2D eigenvalue weighted by molar-refractivity contribution is -0.168. The zero-order valence-corrected chi connectivity index (χ0v) is 47.4. The van der Waals surface area contributed by atoms with E-state index in [0.29, 0.717) is 65.7 Å². The minimum Gasteiger partial charge on any atom is -0.444 e. The SMILES string of the molecule is C.CC(C)(C)OC(=O)N1C[C@]2(CC1c1ccc3cc(Br)c(Cl)nc3c1)C[C@@H](n1ccc3c(Cl)ncnc31)[C@@H]1OC(C)(C)O[C@@H]12.Nc1ncnc2c1ccn2[C@@H]1C[C@@]2(CNC(c3ccc4cc(Br)c(Cl)nc4c3)C2)[C@@H](O)[C@H]1O. The number of benzene rings is 2. The third-order valence-electron chi connectivity index (χ3n) is 16.1.